The van der Waals surface area contributed by atoms with Crippen molar-refractivity contribution < 1.29 is 5.11 Å². The maximum Gasteiger partial charge on any atom is 0.0603 e. The Morgan fingerprint density at radius 2 is 2.07 bits per heavy atom. The number of nitrogen functional groups attached to an aromatic ring is 1. The van der Waals surface area contributed by atoms with E-state index in [1.807, 2.05) is 25.1 Å². The molecule has 4 N–H and O–H groups in total. The Morgan fingerprint density at radius 1 is 1.27 bits per heavy atom. The monoisotopic (exact) mass is 208 g/mol. The van der Waals surface area contributed by atoms with Gasteiger partial charge in [-0.05, 0) is 37.8 Å². The number of aliphatic hydroxyl groups is 1. The van der Waals surface area contributed by atoms with Gasteiger partial charge in [0.25, 0.3) is 0 Å². The fraction of sp³-hybridized carbons (Fsp3) is 0.500. The SMILES string of the molecule is Cc1cccc(N)c1NCCCCCO. The quantitative estimate of drug-likeness (QED) is 0.496. The van der Waals surface area contributed by atoms with E-state index in [1.54, 1.807) is 0 Å². The number of aliphatic hydroxyl groups excluding tert-OH is 1. The minimum absolute atomic E-state index is 0.284. The molecule has 15 heavy (non-hydrogen) atoms. The van der Waals surface area contributed by atoms with Gasteiger partial charge in [0, 0.05) is 13.2 Å². The first-order valence-electron chi connectivity index (χ1n) is 5.45. The van der Waals surface area contributed by atoms with Crippen LogP contribution < -0.4 is 11.1 Å². The summed E-state index contributed by atoms with van der Waals surface area (Å²) in [4.78, 5) is 0. The Kier molecular flexibility index (Phi) is 4.98. The van der Waals surface area contributed by atoms with Crippen LogP contribution in [-0.2, 0) is 0 Å². The van der Waals surface area contributed by atoms with Gasteiger partial charge < -0.3 is 16.2 Å². The van der Waals surface area contributed by atoms with Gasteiger partial charge in [0.05, 0.1) is 11.4 Å². The molecule has 0 heterocycles. The molecule has 0 amide bonds. The van der Waals surface area contributed by atoms with Gasteiger partial charge in [-0.25, -0.2) is 0 Å². The van der Waals surface area contributed by atoms with E-state index in [4.69, 9.17) is 10.8 Å². The van der Waals surface area contributed by atoms with Crippen LogP contribution in [0.15, 0.2) is 18.2 Å². The average Bonchev–Trinajstić information content (AvgIpc) is 2.21. The molecule has 1 rings (SSSR count). The van der Waals surface area contributed by atoms with E-state index in [-0.39, 0.29) is 6.61 Å². The van der Waals surface area contributed by atoms with Gasteiger partial charge in [0.2, 0.25) is 0 Å². The molecular weight excluding hydrogens is 188 g/mol. The molecular formula is C12H20N2O. The van der Waals surface area contributed by atoms with Crippen molar-refractivity contribution >= 4 is 11.4 Å². The van der Waals surface area contributed by atoms with Crippen LogP contribution in [0.4, 0.5) is 11.4 Å². The van der Waals surface area contributed by atoms with Crippen molar-refractivity contribution in [2.24, 2.45) is 0 Å². The van der Waals surface area contributed by atoms with Crippen molar-refractivity contribution in [1.29, 1.82) is 0 Å². The van der Waals surface area contributed by atoms with Gasteiger partial charge in [-0.15, -0.1) is 0 Å². The molecule has 0 bridgehead atoms. The highest BCUT2D eigenvalue weighted by molar-refractivity contribution is 5.69. The zero-order chi connectivity index (χ0) is 11.1. The predicted molar refractivity (Wildman–Crippen MR) is 65.0 cm³/mol. The second-order valence-electron chi connectivity index (χ2n) is 3.75. The third-order valence-corrected chi connectivity index (χ3v) is 2.44. The molecule has 0 aliphatic heterocycles. The predicted octanol–water partition coefficient (Wildman–Crippen LogP) is 2.15. The number of nitrogens with one attached hydrogen (secondary N) is 1. The van der Waals surface area contributed by atoms with E-state index in [1.165, 1.54) is 5.56 Å². The molecule has 1 aromatic rings. The van der Waals surface area contributed by atoms with Crippen molar-refractivity contribution in [2.45, 2.75) is 26.2 Å². The molecule has 84 valence electrons. The third kappa shape index (κ3) is 3.80. The van der Waals surface area contributed by atoms with Crippen molar-refractivity contribution in [1.82, 2.24) is 0 Å². The lowest BCUT2D eigenvalue weighted by atomic mass is 10.1. The summed E-state index contributed by atoms with van der Waals surface area (Å²) in [6, 6.07) is 5.91. The number of anilines is 2. The Bertz CT molecular complexity index is 279. The third-order valence-electron chi connectivity index (χ3n) is 2.44. The number of benzene rings is 1. The van der Waals surface area contributed by atoms with Gasteiger partial charge >= 0.3 is 0 Å². The lowest BCUT2D eigenvalue weighted by molar-refractivity contribution is 0.283. The standard InChI is InChI=1S/C12H20N2O/c1-10-6-5-7-11(13)12(10)14-8-3-2-4-9-15/h5-7,14-15H,2-4,8-9,13H2,1H3. The highest BCUT2D eigenvalue weighted by atomic mass is 16.2. The number of unbranched alkanes of at least 4 members (excludes halogenated alkanes) is 2. The molecule has 0 unspecified atom stereocenters. The van der Waals surface area contributed by atoms with Crippen LogP contribution in [0.1, 0.15) is 24.8 Å². The highest BCUT2D eigenvalue weighted by Gasteiger charge is 2.00. The van der Waals surface area contributed by atoms with E-state index in [2.05, 4.69) is 5.32 Å². The Balaban J connectivity index is 2.37. The summed E-state index contributed by atoms with van der Waals surface area (Å²) in [5.41, 5.74) is 8.88. The van der Waals surface area contributed by atoms with Gasteiger partial charge in [-0.1, -0.05) is 12.1 Å². The van der Waals surface area contributed by atoms with Gasteiger partial charge in [0.1, 0.15) is 0 Å². The normalized spacial score (nSPS) is 10.3. The van der Waals surface area contributed by atoms with Gasteiger partial charge in [-0.2, -0.15) is 0 Å². The van der Waals surface area contributed by atoms with Crippen LogP contribution in [0.3, 0.4) is 0 Å². The molecule has 0 aromatic heterocycles. The van der Waals surface area contributed by atoms with Crippen LogP contribution in [0.5, 0.6) is 0 Å². The molecule has 0 spiro atoms. The van der Waals surface area contributed by atoms with Crippen molar-refractivity contribution in [3.05, 3.63) is 23.8 Å². The fourth-order valence-corrected chi connectivity index (χ4v) is 1.56. The molecule has 0 atom stereocenters. The van der Waals surface area contributed by atoms with E-state index in [9.17, 15) is 0 Å². The Morgan fingerprint density at radius 3 is 2.73 bits per heavy atom. The molecule has 0 aliphatic carbocycles. The molecule has 3 heteroatoms. The summed E-state index contributed by atoms with van der Waals surface area (Å²) in [7, 11) is 0. The zero-order valence-electron chi connectivity index (χ0n) is 9.29. The largest absolute Gasteiger partial charge is 0.397 e. The van der Waals surface area contributed by atoms with Crippen LogP contribution in [-0.4, -0.2) is 18.3 Å². The average molecular weight is 208 g/mol. The Hall–Kier alpha value is -1.22. The summed E-state index contributed by atoms with van der Waals surface area (Å²) < 4.78 is 0. The number of rotatable bonds is 6. The molecule has 0 aliphatic rings. The lowest BCUT2D eigenvalue weighted by Crippen LogP contribution is -2.05. The first-order chi connectivity index (χ1) is 7.25. The van der Waals surface area contributed by atoms with Crippen molar-refractivity contribution in [3.63, 3.8) is 0 Å². The number of para-hydroxylation sites is 1. The summed E-state index contributed by atoms with van der Waals surface area (Å²) in [5, 5.41) is 12.0. The van der Waals surface area contributed by atoms with Gasteiger partial charge in [-0.3, -0.25) is 0 Å². The second kappa shape index (κ2) is 6.30. The number of nitrogens with two attached hydrogens (primary N) is 1. The van der Waals surface area contributed by atoms with Crippen LogP contribution in [0, 0.1) is 6.92 Å². The summed E-state index contributed by atoms with van der Waals surface area (Å²) in [6.07, 6.45) is 2.99. The van der Waals surface area contributed by atoms with E-state index in [0.29, 0.717) is 0 Å². The minimum atomic E-state index is 0.284. The summed E-state index contributed by atoms with van der Waals surface area (Å²) in [6.45, 7) is 3.24. The van der Waals surface area contributed by atoms with E-state index >= 15 is 0 Å². The minimum Gasteiger partial charge on any atom is -0.397 e. The number of hydrogen-bond donors (Lipinski definition) is 3. The summed E-state index contributed by atoms with van der Waals surface area (Å²) >= 11 is 0. The van der Waals surface area contributed by atoms with Crippen LogP contribution >= 0.6 is 0 Å². The van der Waals surface area contributed by atoms with Gasteiger partial charge in [0.15, 0.2) is 0 Å². The zero-order valence-corrected chi connectivity index (χ0v) is 9.29. The van der Waals surface area contributed by atoms with E-state index in [0.717, 1.165) is 37.2 Å². The van der Waals surface area contributed by atoms with Crippen LogP contribution in [0.2, 0.25) is 0 Å². The number of aryl methyl sites for hydroxylation is 1. The Labute approximate surface area is 91.3 Å². The number of hydrogen-bond acceptors (Lipinski definition) is 3. The molecule has 0 radical (unpaired) electrons. The summed E-state index contributed by atoms with van der Waals surface area (Å²) in [5.74, 6) is 0. The fourth-order valence-electron chi connectivity index (χ4n) is 1.56. The first kappa shape index (κ1) is 11.9. The maximum atomic E-state index is 8.63. The highest BCUT2D eigenvalue weighted by Crippen LogP contribution is 2.22. The molecule has 0 saturated carbocycles. The maximum absolute atomic E-state index is 8.63. The molecule has 0 fully saturated rings. The van der Waals surface area contributed by atoms with Crippen molar-refractivity contribution in [2.75, 3.05) is 24.2 Å². The van der Waals surface area contributed by atoms with Crippen LogP contribution in [0.25, 0.3) is 0 Å². The molecule has 0 saturated heterocycles. The molecule has 3 nitrogen and oxygen atoms in total. The topological polar surface area (TPSA) is 58.3 Å². The smallest absolute Gasteiger partial charge is 0.0603 e. The second-order valence-corrected chi connectivity index (χ2v) is 3.75. The van der Waals surface area contributed by atoms with E-state index < -0.39 is 0 Å². The first-order valence-corrected chi connectivity index (χ1v) is 5.45. The molecule has 1 aromatic carbocycles. The lowest BCUT2D eigenvalue weighted by Gasteiger charge is -2.11. The van der Waals surface area contributed by atoms with Crippen molar-refractivity contribution in [3.8, 4) is 0 Å².